The van der Waals surface area contributed by atoms with Gasteiger partial charge < -0.3 is 9.47 Å². The van der Waals surface area contributed by atoms with Crippen LogP contribution >= 0.6 is 0 Å². The van der Waals surface area contributed by atoms with Crippen LogP contribution in [0.2, 0.25) is 0 Å². The van der Waals surface area contributed by atoms with Crippen LogP contribution in [0.3, 0.4) is 0 Å². The fraction of sp³-hybridized carbons (Fsp3) is 0.375. The van der Waals surface area contributed by atoms with Crippen LogP contribution < -0.4 is 10.3 Å². The van der Waals surface area contributed by atoms with Gasteiger partial charge in [-0.25, -0.2) is 0 Å². The summed E-state index contributed by atoms with van der Waals surface area (Å²) >= 11 is 0. The maximum absolute atomic E-state index is 12.6. The van der Waals surface area contributed by atoms with E-state index in [2.05, 4.69) is 4.90 Å². The number of para-hydroxylation sites is 1. The Morgan fingerprint density at radius 3 is 2.48 bits per heavy atom. The second-order valence-corrected chi connectivity index (χ2v) is 7.53. The van der Waals surface area contributed by atoms with Crippen molar-refractivity contribution in [2.75, 3.05) is 26.2 Å². The Bertz CT molecular complexity index is 925. The molecule has 0 spiro atoms. The van der Waals surface area contributed by atoms with E-state index < -0.39 is 0 Å². The molecule has 152 valence electrons. The lowest BCUT2D eigenvalue weighted by Gasteiger charge is -2.19. The van der Waals surface area contributed by atoms with Crippen molar-refractivity contribution in [2.24, 2.45) is 0 Å². The van der Waals surface area contributed by atoms with Crippen LogP contribution in [0.25, 0.3) is 5.70 Å². The number of benzene rings is 1. The van der Waals surface area contributed by atoms with Crippen LogP contribution in [0.15, 0.2) is 71.4 Å². The fourth-order valence-corrected chi connectivity index (χ4v) is 3.77. The zero-order valence-electron chi connectivity index (χ0n) is 16.8. The third-order valence-corrected chi connectivity index (χ3v) is 5.42. The van der Waals surface area contributed by atoms with E-state index in [9.17, 15) is 4.79 Å². The molecule has 0 N–H and O–H groups in total. The predicted molar refractivity (Wildman–Crippen MR) is 115 cm³/mol. The van der Waals surface area contributed by atoms with Crippen LogP contribution in [-0.2, 0) is 11.3 Å². The normalized spacial score (nSPS) is 17.0. The molecule has 1 aromatic carbocycles. The molecule has 1 aromatic heterocycles. The summed E-state index contributed by atoms with van der Waals surface area (Å²) in [7, 11) is 0. The summed E-state index contributed by atoms with van der Waals surface area (Å²) < 4.78 is 13.4. The molecule has 29 heavy (non-hydrogen) atoms. The van der Waals surface area contributed by atoms with Crippen molar-refractivity contribution in [3.8, 4) is 5.75 Å². The maximum Gasteiger partial charge on any atom is 0.255 e. The molecule has 2 aromatic rings. The Kier molecular flexibility index (Phi) is 6.47. The van der Waals surface area contributed by atoms with Crippen LogP contribution in [0, 0.1) is 0 Å². The first-order valence-corrected chi connectivity index (χ1v) is 10.4. The first-order valence-electron chi connectivity index (χ1n) is 10.4. The average Bonchev–Trinajstić information content (AvgIpc) is 3.27. The van der Waals surface area contributed by atoms with E-state index in [1.54, 1.807) is 10.6 Å². The van der Waals surface area contributed by atoms with Crippen LogP contribution in [0.5, 0.6) is 5.75 Å². The van der Waals surface area contributed by atoms with Gasteiger partial charge >= 0.3 is 0 Å². The second kappa shape index (κ2) is 9.61. The van der Waals surface area contributed by atoms with Gasteiger partial charge in [0.1, 0.15) is 19.0 Å². The van der Waals surface area contributed by atoms with Gasteiger partial charge in [-0.3, -0.25) is 14.3 Å². The number of rotatable bonds is 8. The van der Waals surface area contributed by atoms with Crippen molar-refractivity contribution in [2.45, 2.75) is 32.3 Å². The summed E-state index contributed by atoms with van der Waals surface area (Å²) in [6.45, 7) is 4.52. The first kappa shape index (κ1) is 19.5. The van der Waals surface area contributed by atoms with Gasteiger partial charge in [-0.1, -0.05) is 18.2 Å². The van der Waals surface area contributed by atoms with Crippen molar-refractivity contribution in [1.29, 1.82) is 0 Å². The highest BCUT2D eigenvalue weighted by atomic mass is 16.5. The standard InChI is InChI=1S/C24H28N2O3/c27-24-18-20(19-29-22-6-2-1-3-7-22)12-15-26(24)21-8-10-23(11-9-21)28-17-16-25-13-4-5-14-25/h1-3,6-8,10,12,15,18H,4-5,9,11,13-14,16-17,19H2. The van der Waals surface area contributed by atoms with Crippen molar-refractivity contribution in [3.05, 3.63) is 82.5 Å². The number of pyridine rings is 1. The van der Waals surface area contributed by atoms with Crippen molar-refractivity contribution >= 4 is 5.70 Å². The molecule has 1 aliphatic heterocycles. The average molecular weight is 392 g/mol. The molecule has 0 atom stereocenters. The van der Waals surface area contributed by atoms with Crippen LogP contribution in [0.4, 0.5) is 0 Å². The van der Waals surface area contributed by atoms with E-state index in [1.807, 2.05) is 54.7 Å². The molecular weight excluding hydrogens is 364 g/mol. The lowest BCUT2D eigenvalue weighted by Crippen LogP contribution is -2.24. The highest BCUT2D eigenvalue weighted by Gasteiger charge is 2.13. The zero-order valence-corrected chi connectivity index (χ0v) is 16.8. The quantitative estimate of drug-likeness (QED) is 0.680. The number of nitrogens with zero attached hydrogens (tertiary/aromatic N) is 2. The zero-order chi connectivity index (χ0) is 19.9. The Morgan fingerprint density at radius 2 is 1.76 bits per heavy atom. The largest absolute Gasteiger partial charge is 0.497 e. The van der Waals surface area contributed by atoms with E-state index in [0.29, 0.717) is 6.61 Å². The van der Waals surface area contributed by atoms with Gasteiger partial charge in [0.25, 0.3) is 5.56 Å². The molecule has 1 fully saturated rings. The molecule has 2 aliphatic rings. The molecule has 0 saturated carbocycles. The Balaban J connectivity index is 1.32. The summed E-state index contributed by atoms with van der Waals surface area (Å²) in [5, 5.41) is 0. The minimum absolute atomic E-state index is 0.0304. The molecule has 5 heteroatoms. The van der Waals surface area contributed by atoms with Gasteiger partial charge in [-0.2, -0.15) is 0 Å². The molecule has 5 nitrogen and oxygen atoms in total. The number of hydrogen-bond donors (Lipinski definition) is 0. The van der Waals surface area contributed by atoms with E-state index in [-0.39, 0.29) is 5.56 Å². The minimum atomic E-state index is -0.0304. The summed E-state index contributed by atoms with van der Waals surface area (Å²) in [5.74, 6) is 1.81. The van der Waals surface area contributed by atoms with Crippen LogP contribution in [-0.4, -0.2) is 35.7 Å². The molecule has 0 amide bonds. The summed E-state index contributed by atoms with van der Waals surface area (Å²) in [6.07, 6.45) is 10.1. The minimum Gasteiger partial charge on any atom is -0.497 e. The molecular formula is C24H28N2O3. The van der Waals surface area contributed by atoms with Crippen molar-refractivity contribution in [1.82, 2.24) is 9.47 Å². The molecule has 4 rings (SSSR count). The fourth-order valence-electron chi connectivity index (χ4n) is 3.77. The van der Waals surface area contributed by atoms with Gasteiger partial charge in [0.2, 0.25) is 0 Å². The Hall–Kier alpha value is -2.79. The second-order valence-electron chi connectivity index (χ2n) is 7.53. The maximum atomic E-state index is 12.6. The predicted octanol–water partition coefficient (Wildman–Crippen LogP) is 4.06. The van der Waals surface area contributed by atoms with E-state index in [1.165, 1.54) is 25.9 Å². The number of allylic oxidation sites excluding steroid dienone is 4. The monoisotopic (exact) mass is 392 g/mol. The third kappa shape index (κ3) is 5.39. The van der Waals surface area contributed by atoms with Gasteiger partial charge in [0.05, 0.1) is 5.76 Å². The lowest BCUT2D eigenvalue weighted by molar-refractivity contribution is 0.164. The lowest BCUT2D eigenvalue weighted by atomic mass is 10.1. The summed E-state index contributed by atoms with van der Waals surface area (Å²) in [4.78, 5) is 15.0. The molecule has 2 heterocycles. The van der Waals surface area contributed by atoms with Gasteiger partial charge in [0.15, 0.2) is 0 Å². The highest BCUT2D eigenvalue weighted by Crippen LogP contribution is 2.22. The van der Waals surface area contributed by atoms with Crippen molar-refractivity contribution < 1.29 is 9.47 Å². The van der Waals surface area contributed by atoms with Gasteiger partial charge in [-0.05, 0) is 68.3 Å². The van der Waals surface area contributed by atoms with Crippen LogP contribution in [0.1, 0.15) is 31.2 Å². The topological polar surface area (TPSA) is 43.7 Å². The number of ether oxygens (including phenoxy) is 2. The SMILES string of the molecule is O=c1cc(COc2ccccc2)ccn1C1=CC=C(OCCN2CCCC2)CC1. The number of aromatic nitrogens is 1. The van der Waals surface area contributed by atoms with E-state index in [0.717, 1.165) is 48.8 Å². The summed E-state index contributed by atoms with van der Waals surface area (Å²) in [6, 6.07) is 13.2. The van der Waals surface area contributed by atoms with E-state index in [4.69, 9.17) is 9.47 Å². The highest BCUT2D eigenvalue weighted by molar-refractivity contribution is 5.51. The summed E-state index contributed by atoms with van der Waals surface area (Å²) in [5.41, 5.74) is 1.84. The molecule has 0 radical (unpaired) electrons. The van der Waals surface area contributed by atoms with Crippen molar-refractivity contribution in [3.63, 3.8) is 0 Å². The molecule has 1 aliphatic carbocycles. The first-order chi connectivity index (χ1) is 14.3. The molecule has 1 saturated heterocycles. The number of hydrogen-bond acceptors (Lipinski definition) is 4. The Morgan fingerprint density at radius 1 is 0.931 bits per heavy atom. The van der Waals surface area contributed by atoms with E-state index >= 15 is 0 Å². The number of likely N-dealkylation sites (tertiary alicyclic amines) is 1. The van der Waals surface area contributed by atoms with Gasteiger partial charge in [-0.15, -0.1) is 0 Å². The molecule has 0 unspecified atom stereocenters. The molecule has 0 bridgehead atoms. The smallest absolute Gasteiger partial charge is 0.255 e. The Labute approximate surface area is 171 Å². The third-order valence-electron chi connectivity index (χ3n) is 5.42. The van der Waals surface area contributed by atoms with Gasteiger partial charge in [0, 0.05) is 30.9 Å².